The van der Waals surface area contributed by atoms with Gasteiger partial charge in [0.05, 0.1) is 5.75 Å². The van der Waals surface area contributed by atoms with Crippen molar-refractivity contribution in [2.75, 3.05) is 7.05 Å². The molecule has 7 heteroatoms. The van der Waals surface area contributed by atoms with Gasteiger partial charge in [-0.2, -0.15) is 0 Å². The van der Waals surface area contributed by atoms with Crippen LogP contribution in [-0.4, -0.2) is 33.5 Å². The number of guanidine groups is 1. The summed E-state index contributed by atoms with van der Waals surface area (Å²) in [5, 5.41) is 6.76. The van der Waals surface area contributed by atoms with Crippen LogP contribution in [-0.2, 0) is 22.3 Å². The number of hydrogen-bond acceptors (Lipinski definition) is 3. The highest BCUT2D eigenvalue weighted by atomic mass is 32.2. The average molecular weight is 367 g/mol. The highest BCUT2D eigenvalue weighted by molar-refractivity contribution is 7.88. The number of hydrogen-bond donors (Lipinski definition) is 3. The molecule has 0 radical (unpaired) electrons. The molecule has 6 nitrogen and oxygen atoms in total. The number of rotatable bonds is 7. The van der Waals surface area contributed by atoms with E-state index in [9.17, 15) is 8.42 Å². The minimum Gasteiger partial charge on any atom is -0.354 e. The fourth-order valence-corrected chi connectivity index (χ4v) is 4.45. The summed E-state index contributed by atoms with van der Waals surface area (Å²) in [7, 11) is -1.51. The maximum atomic E-state index is 12.0. The Morgan fingerprint density at radius 3 is 2.32 bits per heavy atom. The number of nitrogens with one attached hydrogen (secondary N) is 3. The van der Waals surface area contributed by atoms with Crippen molar-refractivity contribution in [3.8, 4) is 0 Å². The molecule has 0 saturated heterocycles. The lowest BCUT2D eigenvalue weighted by atomic mass is 10.1. The van der Waals surface area contributed by atoms with E-state index in [4.69, 9.17) is 0 Å². The maximum absolute atomic E-state index is 12.0. The second-order valence-corrected chi connectivity index (χ2v) is 8.65. The fraction of sp³-hybridized carbons (Fsp3) is 0.611. The molecule has 0 atom stereocenters. The first-order valence-electron chi connectivity index (χ1n) is 8.93. The zero-order valence-corrected chi connectivity index (χ0v) is 16.2. The summed E-state index contributed by atoms with van der Waals surface area (Å²) < 4.78 is 26.5. The predicted octanol–water partition coefficient (Wildman–Crippen LogP) is 2.12. The molecule has 1 aromatic rings. The Balaban J connectivity index is 1.85. The molecule has 2 rings (SSSR count). The zero-order chi connectivity index (χ0) is 18.3. The lowest BCUT2D eigenvalue weighted by molar-refractivity contribution is 0.569. The van der Waals surface area contributed by atoms with Crippen LogP contribution in [0.1, 0.15) is 50.7 Å². The van der Waals surface area contributed by atoms with Gasteiger partial charge >= 0.3 is 0 Å². The van der Waals surface area contributed by atoms with Gasteiger partial charge in [-0.15, -0.1) is 0 Å². The van der Waals surface area contributed by atoms with Crippen LogP contribution < -0.4 is 15.4 Å². The quantitative estimate of drug-likeness (QED) is 0.510. The van der Waals surface area contributed by atoms with Crippen LogP contribution in [0.5, 0.6) is 0 Å². The molecule has 0 amide bonds. The van der Waals surface area contributed by atoms with Gasteiger partial charge in [-0.3, -0.25) is 4.99 Å². The van der Waals surface area contributed by atoms with E-state index in [1.807, 2.05) is 38.1 Å². The molecule has 0 unspecified atom stereocenters. The third-order valence-electron chi connectivity index (χ3n) is 4.17. The van der Waals surface area contributed by atoms with E-state index in [0.29, 0.717) is 12.6 Å². The monoisotopic (exact) mass is 366 g/mol. The molecular weight excluding hydrogens is 336 g/mol. The summed E-state index contributed by atoms with van der Waals surface area (Å²) in [6.45, 7) is 4.29. The van der Waals surface area contributed by atoms with Gasteiger partial charge in [0.2, 0.25) is 10.0 Å². The summed E-state index contributed by atoms with van der Waals surface area (Å²) in [5.74, 6) is 0.823. The lowest BCUT2D eigenvalue weighted by Crippen LogP contribution is -2.41. The second-order valence-electron chi connectivity index (χ2n) is 6.90. The molecule has 0 spiro atoms. The summed E-state index contributed by atoms with van der Waals surface area (Å²) in [5.41, 5.74) is 1.87. The molecule has 140 valence electrons. The van der Waals surface area contributed by atoms with E-state index < -0.39 is 10.0 Å². The Morgan fingerprint density at radius 1 is 1.16 bits per heavy atom. The van der Waals surface area contributed by atoms with Crippen LogP contribution in [0.15, 0.2) is 29.3 Å². The lowest BCUT2D eigenvalue weighted by Gasteiger charge is -2.17. The zero-order valence-electron chi connectivity index (χ0n) is 15.4. The van der Waals surface area contributed by atoms with Crippen molar-refractivity contribution in [3.05, 3.63) is 35.4 Å². The summed E-state index contributed by atoms with van der Waals surface area (Å²) in [6, 6.07) is 8.07. The number of sulfonamides is 1. The molecular formula is C18H30N4O2S. The van der Waals surface area contributed by atoms with Crippen molar-refractivity contribution >= 4 is 16.0 Å². The average Bonchev–Trinajstić information content (AvgIpc) is 3.04. The van der Waals surface area contributed by atoms with E-state index in [2.05, 4.69) is 20.3 Å². The second kappa shape index (κ2) is 9.20. The normalized spacial score (nSPS) is 16.4. The van der Waals surface area contributed by atoms with Crippen LogP contribution in [0.25, 0.3) is 0 Å². The van der Waals surface area contributed by atoms with Gasteiger partial charge in [-0.1, -0.05) is 37.1 Å². The molecule has 1 aromatic carbocycles. The van der Waals surface area contributed by atoms with Crippen LogP contribution in [0, 0.1) is 0 Å². The van der Waals surface area contributed by atoms with Crippen molar-refractivity contribution < 1.29 is 8.42 Å². The maximum Gasteiger partial charge on any atom is 0.216 e. The first kappa shape index (κ1) is 19.7. The SMILES string of the molecule is CN=C(NCc1ccc(CS(=O)(=O)NC(C)C)cc1)NC1CCCC1. The smallest absolute Gasteiger partial charge is 0.216 e. The van der Waals surface area contributed by atoms with Gasteiger partial charge in [0.25, 0.3) is 0 Å². The van der Waals surface area contributed by atoms with Crippen LogP contribution in [0.4, 0.5) is 0 Å². The minimum absolute atomic E-state index is 0.00376. The number of benzene rings is 1. The van der Waals surface area contributed by atoms with Crippen molar-refractivity contribution in [2.24, 2.45) is 4.99 Å². The van der Waals surface area contributed by atoms with Gasteiger partial charge in [0, 0.05) is 25.7 Å². The Labute approximate surface area is 151 Å². The molecule has 0 bridgehead atoms. The molecule has 3 N–H and O–H groups in total. The van der Waals surface area contributed by atoms with Gasteiger partial charge in [-0.05, 0) is 37.8 Å². The van der Waals surface area contributed by atoms with Crippen LogP contribution in [0.3, 0.4) is 0 Å². The molecule has 0 aliphatic heterocycles. The Bertz CT molecular complexity index is 663. The molecule has 1 aliphatic carbocycles. The van der Waals surface area contributed by atoms with Crippen LogP contribution in [0.2, 0.25) is 0 Å². The van der Waals surface area contributed by atoms with Crippen molar-refractivity contribution in [3.63, 3.8) is 0 Å². The van der Waals surface area contributed by atoms with E-state index >= 15 is 0 Å². The molecule has 1 aliphatic rings. The molecule has 1 fully saturated rings. The highest BCUT2D eigenvalue weighted by Gasteiger charge is 2.16. The van der Waals surface area contributed by atoms with Gasteiger partial charge < -0.3 is 10.6 Å². The Morgan fingerprint density at radius 2 is 1.76 bits per heavy atom. The van der Waals surface area contributed by atoms with E-state index in [-0.39, 0.29) is 11.8 Å². The fourth-order valence-electron chi connectivity index (χ4n) is 3.02. The summed E-state index contributed by atoms with van der Waals surface area (Å²) >= 11 is 0. The third-order valence-corrected chi connectivity index (χ3v) is 5.72. The molecule has 0 aromatic heterocycles. The Kier molecular flexibility index (Phi) is 7.25. The standard InChI is InChI=1S/C18H30N4O2S/c1-14(2)22-25(23,24)13-16-10-8-15(9-11-16)12-20-18(19-3)21-17-6-4-5-7-17/h8-11,14,17,22H,4-7,12-13H2,1-3H3,(H2,19,20,21). The summed E-state index contributed by atoms with van der Waals surface area (Å²) in [6.07, 6.45) is 4.97. The third kappa shape index (κ3) is 7.04. The van der Waals surface area contributed by atoms with Crippen molar-refractivity contribution in [1.82, 2.24) is 15.4 Å². The van der Waals surface area contributed by atoms with Gasteiger partial charge in [-0.25, -0.2) is 13.1 Å². The van der Waals surface area contributed by atoms with E-state index in [0.717, 1.165) is 17.1 Å². The van der Waals surface area contributed by atoms with Gasteiger partial charge in [0.1, 0.15) is 0 Å². The largest absolute Gasteiger partial charge is 0.354 e. The highest BCUT2D eigenvalue weighted by Crippen LogP contribution is 2.17. The number of nitrogens with zero attached hydrogens (tertiary/aromatic N) is 1. The minimum atomic E-state index is -3.28. The molecule has 1 saturated carbocycles. The first-order chi connectivity index (χ1) is 11.9. The molecule has 25 heavy (non-hydrogen) atoms. The first-order valence-corrected chi connectivity index (χ1v) is 10.6. The van der Waals surface area contributed by atoms with Crippen molar-refractivity contribution in [1.29, 1.82) is 0 Å². The van der Waals surface area contributed by atoms with Crippen molar-refractivity contribution in [2.45, 2.75) is 63.9 Å². The van der Waals surface area contributed by atoms with Crippen LogP contribution >= 0.6 is 0 Å². The predicted molar refractivity (Wildman–Crippen MR) is 103 cm³/mol. The topological polar surface area (TPSA) is 82.6 Å². The number of aliphatic imine (C=N–C) groups is 1. The van der Waals surface area contributed by atoms with E-state index in [1.165, 1.54) is 25.7 Å². The summed E-state index contributed by atoms with van der Waals surface area (Å²) in [4.78, 5) is 4.27. The Hall–Kier alpha value is -1.60. The molecule has 0 heterocycles. The van der Waals surface area contributed by atoms with Gasteiger partial charge in [0.15, 0.2) is 5.96 Å². The van der Waals surface area contributed by atoms with E-state index in [1.54, 1.807) is 7.05 Å².